The molecule has 8 heteroatoms. The van der Waals surface area contributed by atoms with E-state index >= 15 is 0 Å². The molecule has 0 aliphatic heterocycles. The van der Waals surface area contributed by atoms with Crippen LogP contribution in [-0.2, 0) is 6.54 Å². The molecule has 0 radical (unpaired) electrons. The van der Waals surface area contributed by atoms with Crippen LogP contribution in [0.1, 0.15) is 27.2 Å². The van der Waals surface area contributed by atoms with Gasteiger partial charge in [0, 0.05) is 11.9 Å². The fraction of sp³-hybridized carbons (Fsp3) is 0.120. The van der Waals surface area contributed by atoms with Crippen molar-refractivity contribution in [2.45, 2.75) is 20.4 Å². The number of benzene rings is 1. The van der Waals surface area contributed by atoms with Crippen molar-refractivity contribution >= 4 is 22.6 Å². The Kier molecular flexibility index (Phi) is 4.90. The fourth-order valence-corrected chi connectivity index (χ4v) is 3.78. The minimum atomic E-state index is -0.479. The van der Waals surface area contributed by atoms with Crippen molar-refractivity contribution in [2.75, 3.05) is 0 Å². The van der Waals surface area contributed by atoms with Crippen molar-refractivity contribution in [1.82, 2.24) is 19.3 Å². The maximum atomic E-state index is 13.4. The molecule has 0 saturated heterocycles. The summed E-state index contributed by atoms with van der Waals surface area (Å²) in [6.07, 6.45) is 3.24. The van der Waals surface area contributed by atoms with E-state index in [2.05, 4.69) is 10.3 Å². The topological polar surface area (TPSA) is 105 Å². The van der Waals surface area contributed by atoms with Gasteiger partial charge in [-0.25, -0.2) is 4.98 Å². The highest BCUT2D eigenvalue weighted by Crippen LogP contribution is 2.16. The van der Waals surface area contributed by atoms with Gasteiger partial charge in [-0.3, -0.25) is 24.0 Å². The van der Waals surface area contributed by atoms with Gasteiger partial charge in [0.15, 0.2) is 5.65 Å². The molecule has 0 bridgehead atoms. The Morgan fingerprint density at radius 2 is 1.85 bits per heavy atom. The molecule has 2 N–H and O–H groups in total. The molecule has 1 aromatic carbocycles. The molecule has 0 fully saturated rings. The lowest BCUT2D eigenvalue weighted by Crippen LogP contribution is -2.34. The number of hydrogen-bond acceptors (Lipinski definition) is 5. The average Bonchev–Trinajstić information content (AvgIpc) is 3.33. The van der Waals surface area contributed by atoms with Crippen molar-refractivity contribution < 1.29 is 9.21 Å². The van der Waals surface area contributed by atoms with Crippen molar-refractivity contribution in [3.8, 4) is 5.69 Å². The lowest BCUT2D eigenvalue weighted by atomic mass is 10.1. The van der Waals surface area contributed by atoms with Crippen LogP contribution in [0.25, 0.3) is 22.4 Å². The Morgan fingerprint density at radius 3 is 2.58 bits per heavy atom. The number of amides is 1. The van der Waals surface area contributed by atoms with E-state index in [1.54, 1.807) is 24.4 Å². The van der Waals surface area contributed by atoms with E-state index in [1.807, 2.05) is 44.2 Å². The number of pyridine rings is 2. The van der Waals surface area contributed by atoms with Gasteiger partial charge in [-0.05, 0) is 55.8 Å². The first-order valence-electron chi connectivity index (χ1n) is 10.4. The molecule has 0 aliphatic carbocycles. The molecule has 4 heterocycles. The van der Waals surface area contributed by atoms with E-state index in [4.69, 9.17) is 9.83 Å². The second-order valence-corrected chi connectivity index (χ2v) is 7.93. The minimum absolute atomic E-state index is 0.0633. The van der Waals surface area contributed by atoms with E-state index in [-0.39, 0.29) is 28.5 Å². The van der Waals surface area contributed by atoms with Gasteiger partial charge in [0.2, 0.25) is 0 Å². The Hall–Kier alpha value is -4.46. The van der Waals surface area contributed by atoms with Gasteiger partial charge in [0.1, 0.15) is 16.9 Å². The van der Waals surface area contributed by atoms with Gasteiger partial charge < -0.3 is 9.73 Å². The number of nitrogens with zero attached hydrogens (tertiary/aromatic N) is 3. The van der Waals surface area contributed by atoms with Crippen LogP contribution in [0.4, 0.5) is 0 Å². The fourth-order valence-electron chi connectivity index (χ4n) is 3.78. The summed E-state index contributed by atoms with van der Waals surface area (Å²) in [6, 6.07) is 16.1. The molecule has 0 spiro atoms. The number of nitrogens with one attached hydrogen (secondary N) is 2. The van der Waals surface area contributed by atoms with E-state index in [0.29, 0.717) is 22.7 Å². The summed E-state index contributed by atoms with van der Waals surface area (Å²) in [5.74, 6) is 0.109. The first kappa shape index (κ1) is 20.4. The normalized spacial score (nSPS) is 11.2. The van der Waals surface area contributed by atoms with Crippen molar-refractivity contribution in [1.29, 1.82) is 5.41 Å². The number of carbonyl (C=O) groups excluding carboxylic acids is 1. The summed E-state index contributed by atoms with van der Waals surface area (Å²) in [5, 5.41) is 11.9. The predicted octanol–water partition coefficient (Wildman–Crippen LogP) is 3.26. The third kappa shape index (κ3) is 3.61. The third-order valence-corrected chi connectivity index (χ3v) is 5.50. The first-order valence-corrected chi connectivity index (χ1v) is 10.4. The zero-order chi connectivity index (χ0) is 23.1. The van der Waals surface area contributed by atoms with Crippen LogP contribution < -0.4 is 16.4 Å². The molecule has 33 heavy (non-hydrogen) atoms. The molecule has 5 rings (SSSR count). The zero-order valence-electron chi connectivity index (χ0n) is 18.1. The zero-order valence-corrected chi connectivity index (χ0v) is 18.1. The smallest absolute Gasteiger partial charge is 0.267 e. The lowest BCUT2D eigenvalue weighted by molar-refractivity contribution is 0.0946. The van der Waals surface area contributed by atoms with Crippen molar-refractivity contribution in [3.63, 3.8) is 0 Å². The van der Waals surface area contributed by atoms with Gasteiger partial charge >= 0.3 is 0 Å². The van der Waals surface area contributed by atoms with Gasteiger partial charge in [-0.15, -0.1) is 0 Å². The molecular weight excluding hydrogens is 418 g/mol. The maximum absolute atomic E-state index is 13.4. The molecule has 0 atom stereocenters. The molecule has 8 nitrogen and oxygen atoms in total. The van der Waals surface area contributed by atoms with E-state index < -0.39 is 5.91 Å². The monoisotopic (exact) mass is 439 g/mol. The van der Waals surface area contributed by atoms with Crippen LogP contribution in [-0.4, -0.2) is 19.9 Å². The highest BCUT2D eigenvalue weighted by Gasteiger charge is 2.18. The van der Waals surface area contributed by atoms with E-state index in [9.17, 15) is 9.59 Å². The quantitative estimate of drug-likeness (QED) is 0.419. The number of aryl methyl sites for hydroxylation is 2. The summed E-state index contributed by atoms with van der Waals surface area (Å²) in [7, 11) is 0. The first-order chi connectivity index (χ1) is 15.9. The SMILES string of the molecule is Cc1ccc(-n2c(=N)c(C(=O)NCc3ccco3)cc3c(=O)n4cc(C)ccc4nc32)cc1. The van der Waals surface area contributed by atoms with Crippen LogP contribution in [0, 0.1) is 19.3 Å². The summed E-state index contributed by atoms with van der Waals surface area (Å²) >= 11 is 0. The minimum Gasteiger partial charge on any atom is -0.467 e. The summed E-state index contributed by atoms with van der Waals surface area (Å²) in [4.78, 5) is 31.2. The summed E-state index contributed by atoms with van der Waals surface area (Å²) in [6.45, 7) is 4.03. The molecule has 0 saturated carbocycles. The Bertz CT molecular complexity index is 1630. The Balaban J connectivity index is 1.78. The molecular formula is C25H21N5O3. The molecule has 164 valence electrons. The van der Waals surface area contributed by atoms with Crippen LogP contribution in [0.2, 0.25) is 0 Å². The van der Waals surface area contributed by atoms with Gasteiger partial charge in [-0.1, -0.05) is 23.8 Å². The van der Waals surface area contributed by atoms with Crippen LogP contribution >= 0.6 is 0 Å². The molecule has 0 unspecified atom stereocenters. The number of furan rings is 1. The molecule has 4 aromatic heterocycles. The Labute approximate surface area is 188 Å². The molecule has 1 amide bonds. The second-order valence-electron chi connectivity index (χ2n) is 7.93. The Morgan fingerprint density at radius 1 is 1.09 bits per heavy atom. The summed E-state index contributed by atoms with van der Waals surface area (Å²) < 4.78 is 8.28. The van der Waals surface area contributed by atoms with Gasteiger partial charge in [0.05, 0.1) is 23.8 Å². The number of rotatable bonds is 4. The van der Waals surface area contributed by atoms with Gasteiger partial charge in [-0.2, -0.15) is 0 Å². The second kappa shape index (κ2) is 7.90. The van der Waals surface area contributed by atoms with Crippen molar-refractivity contribution in [2.24, 2.45) is 0 Å². The number of fused-ring (bicyclic) bond motifs is 2. The van der Waals surface area contributed by atoms with Crippen LogP contribution in [0.15, 0.2) is 76.3 Å². The van der Waals surface area contributed by atoms with Crippen molar-refractivity contribution in [3.05, 3.63) is 105 Å². The standard InChI is InChI=1S/C25H21N5O3/c1-15-5-8-17(9-6-15)30-22(26)19(24(31)27-13-18-4-3-11-33-18)12-20-23(30)28-21-10-7-16(2)14-29(21)25(20)32/h3-12,14,26H,13H2,1-2H3,(H,27,31). The lowest BCUT2D eigenvalue weighted by Gasteiger charge is -2.15. The number of carbonyl (C=O) groups is 1. The molecule has 0 aliphatic rings. The molecule has 5 aromatic rings. The van der Waals surface area contributed by atoms with Crippen LogP contribution in [0.5, 0.6) is 0 Å². The maximum Gasteiger partial charge on any atom is 0.267 e. The van der Waals surface area contributed by atoms with E-state index in [1.165, 1.54) is 21.3 Å². The highest BCUT2D eigenvalue weighted by atomic mass is 16.3. The number of aromatic nitrogens is 3. The third-order valence-electron chi connectivity index (χ3n) is 5.50. The summed E-state index contributed by atoms with van der Waals surface area (Å²) in [5.41, 5.74) is 3.09. The predicted molar refractivity (Wildman–Crippen MR) is 124 cm³/mol. The van der Waals surface area contributed by atoms with E-state index in [0.717, 1.165) is 11.1 Å². The highest BCUT2D eigenvalue weighted by molar-refractivity contribution is 5.97. The number of hydrogen-bond donors (Lipinski definition) is 2. The van der Waals surface area contributed by atoms with Gasteiger partial charge in [0.25, 0.3) is 11.5 Å². The average molecular weight is 439 g/mol. The largest absolute Gasteiger partial charge is 0.467 e. The van der Waals surface area contributed by atoms with Crippen LogP contribution in [0.3, 0.4) is 0 Å².